The number of aromatic nitrogens is 2. The van der Waals surface area contributed by atoms with Gasteiger partial charge in [0.05, 0.1) is 0 Å². The fraction of sp³-hybridized carbons (Fsp3) is 0.450. The molecule has 1 aromatic carbocycles. The van der Waals surface area contributed by atoms with Gasteiger partial charge in [-0.15, -0.1) is 0 Å². The summed E-state index contributed by atoms with van der Waals surface area (Å²) in [5.41, 5.74) is 8.35. The Labute approximate surface area is 159 Å². The molecule has 1 atom stereocenters. The third-order valence-corrected chi connectivity index (χ3v) is 5.10. The van der Waals surface area contributed by atoms with Gasteiger partial charge >= 0.3 is 0 Å². The van der Waals surface area contributed by atoms with Gasteiger partial charge in [0, 0.05) is 44.0 Å². The van der Waals surface area contributed by atoms with Crippen molar-refractivity contribution in [1.29, 1.82) is 0 Å². The lowest BCUT2D eigenvalue weighted by molar-refractivity contribution is 0.0784. The summed E-state index contributed by atoms with van der Waals surface area (Å²) in [5.74, 6) is 0.429. The van der Waals surface area contributed by atoms with E-state index in [9.17, 15) is 9.18 Å². The zero-order chi connectivity index (χ0) is 19.6. The molecular formula is C20H26FN5O. The van der Waals surface area contributed by atoms with E-state index in [1.54, 1.807) is 25.2 Å². The summed E-state index contributed by atoms with van der Waals surface area (Å²) in [6.07, 6.45) is 1.35. The van der Waals surface area contributed by atoms with Crippen LogP contribution in [0.4, 0.5) is 10.2 Å². The van der Waals surface area contributed by atoms with Gasteiger partial charge in [-0.25, -0.2) is 14.4 Å². The van der Waals surface area contributed by atoms with Crippen molar-refractivity contribution in [2.45, 2.75) is 32.7 Å². The van der Waals surface area contributed by atoms with Gasteiger partial charge in [0.1, 0.15) is 11.6 Å². The molecule has 1 aliphatic heterocycles. The number of carbonyl (C=O) groups excluding carboxylic acids is 1. The second kappa shape index (κ2) is 8.00. The van der Waals surface area contributed by atoms with E-state index < -0.39 is 0 Å². The summed E-state index contributed by atoms with van der Waals surface area (Å²) in [5, 5.41) is 0. The number of rotatable bonds is 5. The van der Waals surface area contributed by atoms with Crippen LogP contribution in [0.15, 0.2) is 24.3 Å². The van der Waals surface area contributed by atoms with E-state index in [2.05, 4.69) is 14.9 Å². The molecule has 144 valence electrons. The van der Waals surface area contributed by atoms with Gasteiger partial charge < -0.3 is 15.5 Å². The number of anilines is 1. The minimum atomic E-state index is -0.265. The minimum absolute atomic E-state index is 0.127. The zero-order valence-electron chi connectivity index (χ0n) is 16.1. The summed E-state index contributed by atoms with van der Waals surface area (Å²) < 4.78 is 13.8. The molecule has 1 fully saturated rings. The van der Waals surface area contributed by atoms with Crippen molar-refractivity contribution in [3.63, 3.8) is 0 Å². The molecule has 3 rings (SSSR count). The number of likely N-dealkylation sites (N-methyl/N-ethyl adjacent to an activating group) is 1. The topological polar surface area (TPSA) is 75.4 Å². The van der Waals surface area contributed by atoms with Gasteiger partial charge in [0.2, 0.25) is 5.82 Å². The molecule has 1 aromatic heterocycles. The van der Waals surface area contributed by atoms with Gasteiger partial charge in [0.15, 0.2) is 0 Å². The molecule has 2 aromatic rings. The van der Waals surface area contributed by atoms with Crippen LogP contribution in [0.5, 0.6) is 0 Å². The van der Waals surface area contributed by atoms with Crippen LogP contribution in [0.2, 0.25) is 0 Å². The first-order valence-electron chi connectivity index (χ1n) is 9.21. The van der Waals surface area contributed by atoms with Crippen molar-refractivity contribution < 1.29 is 9.18 Å². The second-order valence-electron chi connectivity index (χ2n) is 7.14. The molecule has 0 spiro atoms. The molecule has 0 radical (unpaired) electrons. The van der Waals surface area contributed by atoms with Crippen molar-refractivity contribution in [2.24, 2.45) is 5.73 Å². The number of hydrogen-bond acceptors (Lipinski definition) is 5. The molecule has 0 saturated carbocycles. The number of nitrogens with zero attached hydrogens (tertiary/aromatic N) is 4. The molecule has 0 unspecified atom stereocenters. The Bertz CT molecular complexity index is 841. The lowest BCUT2D eigenvalue weighted by Crippen LogP contribution is -2.32. The molecule has 2 heterocycles. The summed E-state index contributed by atoms with van der Waals surface area (Å²) in [6.45, 7) is 5.79. The van der Waals surface area contributed by atoms with Crippen molar-refractivity contribution in [3.8, 4) is 0 Å². The summed E-state index contributed by atoms with van der Waals surface area (Å²) in [7, 11) is 1.69. The highest BCUT2D eigenvalue weighted by Gasteiger charge is 2.25. The fourth-order valence-corrected chi connectivity index (χ4v) is 3.26. The average molecular weight is 371 g/mol. The number of halogens is 1. The smallest absolute Gasteiger partial charge is 0.291 e. The lowest BCUT2D eigenvalue weighted by Gasteiger charge is -2.22. The van der Waals surface area contributed by atoms with Gasteiger partial charge in [-0.3, -0.25) is 4.79 Å². The van der Waals surface area contributed by atoms with Crippen LogP contribution in [-0.4, -0.2) is 53.5 Å². The number of benzene rings is 1. The fourth-order valence-electron chi connectivity index (χ4n) is 3.26. The molecule has 6 nitrogen and oxygen atoms in total. The van der Waals surface area contributed by atoms with Gasteiger partial charge in [0.25, 0.3) is 5.91 Å². The molecule has 7 heteroatoms. The maximum Gasteiger partial charge on any atom is 0.291 e. The van der Waals surface area contributed by atoms with Crippen LogP contribution in [0.1, 0.15) is 33.9 Å². The molecule has 1 aliphatic rings. The van der Waals surface area contributed by atoms with Crippen LogP contribution < -0.4 is 10.6 Å². The zero-order valence-corrected chi connectivity index (χ0v) is 16.1. The number of aryl methyl sites for hydroxylation is 1. The first kappa shape index (κ1) is 19.2. The van der Waals surface area contributed by atoms with Gasteiger partial charge in [-0.1, -0.05) is 18.2 Å². The SMILES string of the molecule is Cc1nc(C(=O)N(C)CCc2ccccc2F)nc(N2CC[C@@H](N)C2)c1C. The summed E-state index contributed by atoms with van der Waals surface area (Å²) in [6, 6.07) is 6.73. The maximum absolute atomic E-state index is 13.8. The Kier molecular flexibility index (Phi) is 5.70. The summed E-state index contributed by atoms with van der Waals surface area (Å²) in [4.78, 5) is 25.4. The number of nitrogens with two attached hydrogens (primary N) is 1. The largest absolute Gasteiger partial charge is 0.355 e. The number of hydrogen-bond donors (Lipinski definition) is 1. The Balaban J connectivity index is 1.75. The van der Waals surface area contributed by atoms with Crippen molar-refractivity contribution in [2.75, 3.05) is 31.6 Å². The van der Waals surface area contributed by atoms with Crippen LogP contribution in [-0.2, 0) is 6.42 Å². The highest BCUT2D eigenvalue weighted by atomic mass is 19.1. The number of amides is 1. The van der Waals surface area contributed by atoms with Crippen molar-refractivity contribution >= 4 is 11.7 Å². The van der Waals surface area contributed by atoms with E-state index in [0.717, 1.165) is 36.6 Å². The highest BCUT2D eigenvalue weighted by molar-refractivity contribution is 5.90. The van der Waals surface area contributed by atoms with E-state index in [-0.39, 0.29) is 23.6 Å². The van der Waals surface area contributed by atoms with Crippen LogP contribution in [0.25, 0.3) is 0 Å². The Morgan fingerprint density at radius 3 is 2.74 bits per heavy atom. The van der Waals surface area contributed by atoms with Gasteiger partial charge in [-0.05, 0) is 38.3 Å². The highest BCUT2D eigenvalue weighted by Crippen LogP contribution is 2.23. The minimum Gasteiger partial charge on any atom is -0.355 e. The van der Waals surface area contributed by atoms with Crippen molar-refractivity contribution in [3.05, 3.63) is 52.7 Å². The lowest BCUT2D eigenvalue weighted by atomic mass is 10.1. The molecule has 1 amide bonds. The van der Waals surface area contributed by atoms with Crippen LogP contribution >= 0.6 is 0 Å². The van der Waals surface area contributed by atoms with E-state index in [4.69, 9.17) is 5.73 Å². The third-order valence-electron chi connectivity index (χ3n) is 5.10. The predicted molar refractivity (Wildman–Crippen MR) is 103 cm³/mol. The van der Waals surface area contributed by atoms with Crippen molar-refractivity contribution in [1.82, 2.24) is 14.9 Å². The first-order valence-corrected chi connectivity index (χ1v) is 9.21. The second-order valence-corrected chi connectivity index (χ2v) is 7.14. The maximum atomic E-state index is 13.8. The normalized spacial score (nSPS) is 16.6. The quantitative estimate of drug-likeness (QED) is 0.871. The third kappa shape index (κ3) is 4.24. The van der Waals surface area contributed by atoms with Crippen LogP contribution in [0.3, 0.4) is 0 Å². The van der Waals surface area contributed by atoms with E-state index in [1.165, 1.54) is 11.0 Å². The average Bonchev–Trinajstić information content (AvgIpc) is 3.08. The van der Waals surface area contributed by atoms with E-state index in [0.29, 0.717) is 18.5 Å². The van der Waals surface area contributed by atoms with E-state index in [1.807, 2.05) is 13.8 Å². The monoisotopic (exact) mass is 371 g/mol. The predicted octanol–water partition coefficient (Wildman–Crippen LogP) is 2.08. The Morgan fingerprint density at radius 2 is 2.07 bits per heavy atom. The molecule has 2 N–H and O–H groups in total. The standard InChI is InChI=1S/C20H26FN5O/c1-13-14(2)23-18(24-19(13)26-11-9-16(22)12-26)20(27)25(3)10-8-15-6-4-5-7-17(15)21/h4-7,16H,8-12,22H2,1-3H3/t16-/m1/s1. The molecular weight excluding hydrogens is 345 g/mol. The Morgan fingerprint density at radius 1 is 1.33 bits per heavy atom. The first-order chi connectivity index (χ1) is 12.9. The molecule has 0 aliphatic carbocycles. The van der Waals surface area contributed by atoms with E-state index >= 15 is 0 Å². The Hall–Kier alpha value is -2.54. The summed E-state index contributed by atoms with van der Waals surface area (Å²) >= 11 is 0. The molecule has 1 saturated heterocycles. The number of carbonyl (C=O) groups is 1. The van der Waals surface area contributed by atoms with Crippen LogP contribution in [0, 0.1) is 19.7 Å². The molecule has 27 heavy (non-hydrogen) atoms. The van der Waals surface area contributed by atoms with Gasteiger partial charge in [-0.2, -0.15) is 0 Å². The molecule has 0 bridgehead atoms.